The third-order valence-corrected chi connectivity index (χ3v) is 5.37. The molecule has 0 aliphatic rings. The molecule has 0 amide bonds. The molecule has 0 aliphatic heterocycles. The largest absolute Gasteiger partial charge is 0.282 e. The number of carbonyl (C=O) groups excluding carboxylic acids is 1. The highest BCUT2D eigenvalue weighted by Gasteiger charge is 2.24. The van der Waals surface area contributed by atoms with Crippen molar-refractivity contribution in [3.63, 3.8) is 0 Å². The molecule has 2 heteroatoms. The molecule has 2 nitrogen and oxygen atoms in total. The van der Waals surface area contributed by atoms with Gasteiger partial charge in [-0.15, -0.1) is 0 Å². The van der Waals surface area contributed by atoms with Gasteiger partial charge in [0.05, 0.1) is 0 Å². The Kier molecular flexibility index (Phi) is 4.38. The van der Waals surface area contributed by atoms with Crippen molar-refractivity contribution in [1.29, 1.82) is 0 Å². The Balaban J connectivity index is 1.71. The molecule has 5 rings (SSSR count). The molecule has 1 heterocycles. The number of fused-ring (bicyclic) bond motifs is 2. The van der Waals surface area contributed by atoms with Crippen LogP contribution in [0.4, 0.5) is 0 Å². The second-order valence-corrected chi connectivity index (χ2v) is 7.22. The quantitative estimate of drug-likeness (QED) is 0.229. The molecule has 0 saturated heterocycles. The molecule has 0 atom stereocenters. The summed E-state index contributed by atoms with van der Waals surface area (Å²) in [4.78, 5) is 13.9. The number of rotatable bonds is 4. The van der Waals surface area contributed by atoms with E-state index >= 15 is 0 Å². The molecule has 0 radical (unpaired) electrons. The number of ketones is 1. The summed E-state index contributed by atoms with van der Waals surface area (Å²) >= 11 is 0. The van der Waals surface area contributed by atoms with Gasteiger partial charge >= 0.3 is 0 Å². The molecule has 0 unspecified atom stereocenters. The van der Waals surface area contributed by atoms with Crippen LogP contribution in [0.5, 0.6) is 0 Å². The number of pyridine rings is 1. The minimum atomic E-state index is 0.0505. The van der Waals surface area contributed by atoms with E-state index in [1.165, 1.54) is 5.56 Å². The number of hydrogen-bond acceptors (Lipinski definition) is 1. The molecule has 0 bridgehead atoms. The lowest BCUT2D eigenvalue weighted by atomic mass is 9.93. The fourth-order valence-corrected chi connectivity index (χ4v) is 3.99. The molecule has 0 saturated carbocycles. The molecular weight excluding hydrogens is 354 g/mol. The highest BCUT2D eigenvalue weighted by molar-refractivity contribution is 6.23. The fourth-order valence-electron chi connectivity index (χ4n) is 3.99. The summed E-state index contributed by atoms with van der Waals surface area (Å²) in [7, 11) is 0. The van der Waals surface area contributed by atoms with Gasteiger partial charge in [-0.1, -0.05) is 78.9 Å². The zero-order valence-corrected chi connectivity index (χ0v) is 16.0. The Morgan fingerprint density at radius 2 is 1.24 bits per heavy atom. The highest BCUT2D eigenvalue weighted by atomic mass is 16.1. The Morgan fingerprint density at radius 1 is 0.655 bits per heavy atom. The minimum Gasteiger partial charge on any atom is -0.282 e. The topological polar surface area (TPSA) is 20.9 Å². The van der Waals surface area contributed by atoms with E-state index in [0.717, 1.165) is 27.1 Å². The summed E-state index contributed by atoms with van der Waals surface area (Å²) in [5, 5.41) is 4.15. The van der Waals surface area contributed by atoms with Gasteiger partial charge in [-0.3, -0.25) is 4.79 Å². The van der Waals surface area contributed by atoms with Gasteiger partial charge in [0.25, 0.3) is 11.5 Å². The number of hydrogen-bond donors (Lipinski definition) is 0. The van der Waals surface area contributed by atoms with Crippen LogP contribution in [0.3, 0.4) is 0 Å². The van der Waals surface area contributed by atoms with Crippen LogP contribution >= 0.6 is 0 Å². The first-order valence-corrected chi connectivity index (χ1v) is 9.79. The molecule has 0 spiro atoms. The van der Waals surface area contributed by atoms with Gasteiger partial charge in [0.2, 0.25) is 0 Å². The van der Waals surface area contributed by atoms with Crippen LogP contribution in [0.15, 0.2) is 109 Å². The van der Waals surface area contributed by atoms with Crippen molar-refractivity contribution in [2.75, 3.05) is 0 Å². The smallest absolute Gasteiger partial charge is 0.258 e. The standard InChI is InChI=1S/C27H20NO/c29-27(25-16-8-9-17-28(25)19-20-10-2-1-3-11-20)26-23-14-6-4-12-21(23)18-22-13-5-7-15-24(22)26/h1-18H,19H2/q+1. The molecule has 0 N–H and O–H groups in total. The molecular formula is C27H20NO+. The van der Waals surface area contributed by atoms with E-state index in [-0.39, 0.29) is 5.78 Å². The van der Waals surface area contributed by atoms with Gasteiger partial charge in [0, 0.05) is 23.3 Å². The van der Waals surface area contributed by atoms with Crippen molar-refractivity contribution < 1.29 is 9.36 Å². The number of aromatic nitrogens is 1. The maximum atomic E-state index is 13.9. The van der Waals surface area contributed by atoms with Crippen LogP contribution in [0.25, 0.3) is 21.5 Å². The Bertz CT molecular complexity index is 1280. The van der Waals surface area contributed by atoms with Crippen LogP contribution in [0.2, 0.25) is 0 Å². The number of carbonyl (C=O) groups is 1. The normalized spacial score (nSPS) is 11.0. The van der Waals surface area contributed by atoms with E-state index in [1.54, 1.807) is 0 Å². The van der Waals surface area contributed by atoms with Crippen LogP contribution in [-0.2, 0) is 6.54 Å². The molecule has 0 fully saturated rings. The lowest BCUT2D eigenvalue weighted by molar-refractivity contribution is -0.690. The first kappa shape index (κ1) is 17.3. The van der Waals surface area contributed by atoms with Crippen molar-refractivity contribution in [3.8, 4) is 0 Å². The maximum Gasteiger partial charge on any atom is 0.258 e. The zero-order chi connectivity index (χ0) is 19.6. The molecule has 29 heavy (non-hydrogen) atoms. The van der Waals surface area contributed by atoms with Crippen LogP contribution < -0.4 is 4.57 Å². The van der Waals surface area contributed by atoms with Gasteiger partial charge in [0.1, 0.15) is 0 Å². The van der Waals surface area contributed by atoms with Gasteiger partial charge < -0.3 is 0 Å². The minimum absolute atomic E-state index is 0.0505. The van der Waals surface area contributed by atoms with E-state index in [9.17, 15) is 4.79 Å². The summed E-state index contributed by atoms with van der Waals surface area (Å²) in [5.41, 5.74) is 2.63. The van der Waals surface area contributed by atoms with E-state index in [1.807, 2.05) is 83.6 Å². The average Bonchev–Trinajstić information content (AvgIpc) is 2.78. The number of nitrogens with zero attached hydrogens (tertiary/aromatic N) is 1. The van der Waals surface area contributed by atoms with Crippen molar-refractivity contribution in [2.45, 2.75) is 6.54 Å². The lowest BCUT2D eigenvalue weighted by Crippen LogP contribution is -2.40. The van der Waals surface area contributed by atoms with Crippen molar-refractivity contribution in [2.24, 2.45) is 0 Å². The highest BCUT2D eigenvalue weighted by Crippen LogP contribution is 2.29. The molecule has 5 aromatic rings. The van der Waals surface area contributed by atoms with Crippen molar-refractivity contribution in [1.82, 2.24) is 0 Å². The van der Waals surface area contributed by atoms with Crippen molar-refractivity contribution >= 4 is 27.3 Å². The second kappa shape index (κ2) is 7.33. The zero-order valence-electron chi connectivity index (χ0n) is 16.0. The SMILES string of the molecule is O=C(c1c2ccccc2cc2ccccc12)c1cccc[n+]1Cc1ccccc1. The predicted octanol–water partition coefficient (Wildman–Crippen LogP) is 5.56. The monoisotopic (exact) mass is 374 g/mol. The predicted molar refractivity (Wildman–Crippen MR) is 117 cm³/mol. The summed E-state index contributed by atoms with van der Waals surface area (Å²) in [6.45, 7) is 0.658. The van der Waals surface area contributed by atoms with Crippen LogP contribution in [0, 0.1) is 0 Å². The molecule has 138 valence electrons. The molecule has 1 aromatic heterocycles. The fraction of sp³-hybridized carbons (Fsp3) is 0.0370. The number of benzene rings is 4. The Morgan fingerprint density at radius 3 is 1.93 bits per heavy atom. The molecule has 4 aromatic carbocycles. The Labute approximate surface area is 169 Å². The van der Waals surface area contributed by atoms with Gasteiger partial charge in [-0.05, 0) is 33.7 Å². The average molecular weight is 374 g/mol. The second-order valence-electron chi connectivity index (χ2n) is 7.22. The third-order valence-electron chi connectivity index (χ3n) is 5.37. The summed E-state index contributed by atoms with van der Waals surface area (Å²) in [6, 6.07) is 34.5. The third kappa shape index (κ3) is 3.19. The lowest BCUT2D eigenvalue weighted by Gasteiger charge is -2.10. The van der Waals surface area contributed by atoms with Gasteiger partial charge in [-0.2, -0.15) is 4.57 Å². The van der Waals surface area contributed by atoms with E-state index in [2.05, 4.69) is 30.3 Å². The summed E-state index contributed by atoms with van der Waals surface area (Å²) < 4.78 is 2.04. The maximum absolute atomic E-state index is 13.9. The van der Waals surface area contributed by atoms with E-state index in [4.69, 9.17) is 0 Å². The van der Waals surface area contributed by atoms with Gasteiger partial charge in [-0.25, -0.2) is 0 Å². The molecule has 0 aliphatic carbocycles. The van der Waals surface area contributed by atoms with Crippen LogP contribution in [-0.4, -0.2) is 5.78 Å². The van der Waals surface area contributed by atoms with Gasteiger partial charge in [0.15, 0.2) is 12.7 Å². The summed E-state index contributed by atoms with van der Waals surface area (Å²) in [5.74, 6) is 0.0505. The first-order chi connectivity index (χ1) is 14.3. The van der Waals surface area contributed by atoms with Crippen molar-refractivity contribution in [3.05, 3.63) is 126 Å². The van der Waals surface area contributed by atoms with E-state index < -0.39 is 0 Å². The Hall–Kier alpha value is -3.78. The van der Waals surface area contributed by atoms with Crippen LogP contribution in [0.1, 0.15) is 21.6 Å². The summed E-state index contributed by atoms with van der Waals surface area (Å²) in [6.07, 6.45) is 1.98. The first-order valence-electron chi connectivity index (χ1n) is 9.79. The van der Waals surface area contributed by atoms with E-state index in [0.29, 0.717) is 12.2 Å².